The minimum atomic E-state index is -0.504. The van der Waals surface area contributed by atoms with E-state index in [4.69, 9.17) is 0 Å². The Kier molecular flexibility index (Phi) is 11.7. The molecular formula is C36H47FN6O2. The zero-order valence-corrected chi connectivity index (χ0v) is 27.5. The third-order valence-electron chi connectivity index (χ3n) is 7.56. The first-order chi connectivity index (χ1) is 21.6. The van der Waals surface area contributed by atoms with Gasteiger partial charge in [-0.3, -0.25) is 9.59 Å². The highest BCUT2D eigenvalue weighted by Gasteiger charge is 2.19. The van der Waals surface area contributed by atoms with E-state index in [9.17, 15) is 14.0 Å². The highest BCUT2D eigenvalue weighted by atomic mass is 19.1. The van der Waals surface area contributed by atoms with Crippen LogP contribution in [-0.4, -0.2) is 54.6 Å². The number of aromatic nitrogens is 4. The summed E-state index contributed by atoms with van der Waals surface area (Å²) in [4.78, 5) is 44.1. The molecule has 2 aromatic heterocycles. The molecule has 0 fully saturated rings. The van der Waals surface area contributed by atoms with E-state index >= 15 is 0 Å². The Morgan fingerprint density at radius 3 is 1.67 bits per heavy atom. The molecule has 4 aromatic rings. The molecule has 2 amide bonds. The van der Waals surface area contributed by atoms with Crippen LogP contribution in [0, 0.1) is 17.8 Å². The van der Waals surface area contributed by atoms with Crippen molar-refractivity contribution in [2.75, 3.05) is 13.1 Å². The number of nitrogens with one attached hydrogen (secondary N) is 2. The maximum Gasteiger partial charge on any atom is 0.223 e. The van der Waals surface area contributed by atoms with Crippen LogP contribution in [0.15, 0.2) is 54.7 Å². The van der Waals surface area contributed by atoms with Crippen LogP contribution >= 0.6 is 0 Å². The maximum atomic E-state index is 14.9. The summed E-state index contributed by atoms with van der Waals surface area (Å²) in [6, 6.07) is 15.8. The van der Waals surface area contributed by atoms with Crippen LogP contribution in [0.25, 0.3) is 33.6 Å². The number of H-pyrrole nitrogens is 2. The van der Waals surface area contributed by atoms with Gasteiger partial charge in [-0.05, 0) is 41.4 Å². The molecule has 2 heterocycles. The van der Waals surface area contributed by atoms with E-state index in [0.717, 1.165) is 41.1 Å². The fourth-order valence-corrected chi connectivity index (χ4v) is 5.36. The minimum Gasteiger partial charge on any atom is -0.341 e. The van der Waals surface area contributed by atoms with E-state index in [-0.39, 0.29) is 30.0 Å². The predicted octanol–water partition coefficient (Wildman–Crippen LogP) is 7.84. The molecule has 240 valence electrons. The summed E-state index contributed by atoms with van der Waals surface area (Å²) in [7, 11) is 0. The third kappa shape index (κ3) is 9.12. The van der Waals surface area contributed by atoms with Gasteiger partial charge in [0.15, 0.2) is 0 Å². The second kappa shape index (κ2) is 15.6. The second-order valence-electron chi connectivity index (χ2n) is 12.6. The minimum absolute atomic E-state index is 0.0563. The molecule has 0 radical (unpaired) electrons. The number of aromatic amines is 2. The molecule has 0 aliphatic heterocycles. The van der Waals surface area contributed by atoms with Crippen LogP contribution in [-0.2, 0) is 22.7 Å². The lowest BCUT2D eigenvalue weighted by molar-refractivity contribution is -0.133. The van der Waals surface area contributed by atoms with Crippen LogP contribution in [0.4, 0.5) is 4.39 Å². The van der Waals surface area contributed by atoms with Crippen molar-refractivity contribution in [3.63, 3.8) is 0 Å². The average molecular weight is 615 g/mol. The van der Waals surface area contributed by atoms with Gasteiger partial charge in [0.05, 0.1) is 25.0 Å². The van der Waals surface area contributed by atoms with Gasteiger partial charge in [-0.25, -0.2) is 9.97 Å². The van der Waals surface area contributed by atoms with E-state index < -0.39 is 5.95 Å². The van der Waals surface area contributed by atoms with Gasteiger partial charge in [-0.2, -0.15) is 4.39 Å². The van der Waals surface area contributed by atoms with Crippen molar-refractivity contribution in [3.05, 3.63) is 72.3 Å². The predicted molar refractivity (Wildman–Crippen MR) is 177 cm³/mol. The highest BCUT2D eigenvalue weighted by Crippen LogP contribution is 2.28. The van der Waals surface area contributed by atoms with E-state index in [0.29, 0.717) is 49.8 Å². The molecule has 9 heteroatoms. The Hall–Kier alpha value is -4.27. The van der Waals surface area contributed by atoms with Gasteiger partial charge in [0.1, 0.15) is 17.3 Å². The maximum absolute atomic E-state index is 14.9. The van der Waals surface area contributed by atoms with Crippen LogP contribution < -0.4 is 0 Å². The molecule has 0 aliphatic rings. The third-order valence-corrected chi connectivity index (χ3v) is 7.56. The molecule has 45 heavy (non-hydrogen) atoms. The number of imidazole rings is 2. The van der Waals surface area contributed by atoms with Crippen molar-refractivity contribution in [2.24, 2.45) is 11.8 Å². The first-order valence-electron chi connectivity index (χ1n) is 16.1. The second-order valence-corrected chi connectivity index (χ2v) is 12.6. The molecule has 0 saturated heterocycles. The molecule has 0 spiro atoms. The number of benzene rings is 2. The van der Waals surface area contributed by atoms with Gasteiger partial charge < -0.3 is 19.8 Å². The Labute approximate surface area is 266 Å². The van der Waals surface area contributed by atoms with Gasteiger partial charge in [0.25, 0.3) is 0 Å². The van der Waals surface area contributed by atoms with Crippen LogP contribution in [0.3, 0.4) is 0 Å². The van der Waals surface area contributed by atoms with E-state index in [1.807, 2.05) is 80.4 Å². The summed E-state index contributed by atoms with van der Waals surface area (Å²) in [6.07, 6.45) is 4.52. The Morgan fingerprint density at radius 2 is 1.18 bits per heavy atom. The summed E-state index contributed by atoms with van der Waals surface area (Å²) >= 11 is 0. The summed E-state index contributed by atoms with van der Waals surface area (Å²) in [5.74, 6) is 1.49. The van der Waals surface area contributed by atoms with Crippen molar-refractivity contribution in [1.82, 2.24) is 29.7 Å². The first-order valence-corrected chi connectivity index (χ1v) is 16.1. The summed E-state index contributed by atoms with van der Waals surface area (Å²) < 4.78 is 14.9. The normalized spacial score (nSPS) is 11.4. The lowest BCUT2D eigenvalue weighted by Gasteiger charge is -2.22. The number of rotatable bonds is 15. The smallest absolute Gasteiger partial charge is 0.223 e. The number of hydrogen-bond donors (Lipinski definition) is 2. The summed E-state index contributed by atoms with van der Waals surface area (Å²) in [5, 5.41) is 0. The fourth-order valence-electron chi connectivity index (χ4n) is 5.36. The molecule has 0 aliphatic carbocycles. The van der Waals surface area contributed by atoms with E-state index in [2.05, 4.69) is 40.7 Å². The first kappa shape index (κ1) is 33.6. The Bertz CT molecular complexity index is 1540. The van der Waals surface area contributed by atoms with Gasteiger partial charge in [0.2, 0.25) is 17.8 Å². The van der Waals surface area contributed by atoms with Crippen LogP contribution in [0.1, 0.15) is 78.9 Å². The quantitative estimate of drug-likeness (QED) is 0.143. The average Bonchev–Trinajstić information content (AvgIpc) is 3.62. The molecule has 0 saturated carbocycles. The monoisotopic (exact) mass is 614 g/mol. The number of nitrogens with zero attached hydrogens (tertiary/aromatic N) is 4. The molecule has 0 bridgehead atoms. The summed E-state index contributed by atoms with van der Waals surface area (Å²) in [6.45, 7) is 14.3. The van der Waals surface area contributed by atoms with Crippen molar-refractivity contribution >= 4 is 11.8 Å². The van der Waals surface area contributed by atoms with E-state index in [1.54, 1.807) is 4.90 Å². The lowest BCUT2D eigenvalue weighted by Crippen LogP contribution is -2.32. The van der Waals surface area contributed by atoms with Crippen molar-refractivity contribution in [3.8, 4) is 33.6 Å². The van der Waals surface area contributed by atoms with Crippen LogP contribution in [0.5, 0.6) is 0 Å². The van der Waals surface area contributed by atoms with Gasteiger partial charge in [0, 0.05) is 31.5 Å². The number of amides is 2. The largest absolute Gasteiger partial charge is 0.341 e. The number of carbonyl (C=O) groups is 2. The van der Waals surface area contributed by atoms with Crippen molar-refractivity contribution in [2.45, 2.75) is 80.3 Å². The summed E-state index contributed by atoms with van der Waals surface area (Å²) in [5.41, 5.74) is 4.84. The van der Waals surface area contributed by atoms with Crippen LogP contribution in [0.2, 0.25) is 0 Å². The highest BCUT2D eigenvalue weighted by molar-refractivity contribution is 5.77. The Balaban J connectivity index is 1.42. The topological polar surface area (TPSA) is 98.0 Å². The van der Waals surface area contributed by atoms with E-state index in [1.165, 1.54) is 0 Å². The molecule has 8 nitrogen and oxygen atoms in total. The molecule has 2 aromatic carbocycles. The molecule has 0 atom stereocenters. The Morgan fingerprint density at radius 1 is 0.711 bits per heavy atom. The molecule has 4 rings (SSSR count). The fraction of sp³-hybridized carbons (Fsp3) is 0.444. The zero-order valence-electron chi connectivity index (χ0n) is 27.5. The van der Waals surface area contributed by atoms with Crippen molar-refractivity contribution in [1.29, 1.82) is 0 Å². The molecular weight excluding hydrogens is 567 g/mol. The zero-order chi connectivity index (χ0) is 32.5. The standard InChI is InChI=1S/C36H47FN6O2/c1-7-17-42(33(44)19-24(3)4)22-31-38-21-30(39-31)28-13-9-26(10-14-28)27-11-15-29(16-12-27)35-36(37)41-32(40-35)23-43(18-8-2)34(45)20-25(5)6/h9-16,21,24-25H,7-8,17-20,22-23H2,1-6H3,(H,38,39)(H,40,41). The number of halogens is 1. The molecule has 0 unspecified atom stereocenters. The number of hydrogen-bond acceptors (Lipinski definition) is 4. The lowest BCUT2D eigenvalue weighted by atomic mass is 10.0. The van der Waals surface area contributed by atoms with Crippen molar-refractivity contribution < 1.29 is 14.0 Å². The van der Waals surface area contributed by atoms with Gasteiger partial charge in [-0.15, -0.1) is 0 Å². The number of carbonyl (C=O) groups excluding carboxylic acids is 2. The van der Waals surface area contributed by atoms with Gasteiger partial charge >= 0.3 is 0 Å². The molecule has 2 N–H and O–H groups in total. The SMILES string of the molecule is CCCN(Cc1ncc(-c2ccc(-c3ccc(-c4nc(CN(CCC)C(=O)CC(C)C)[nH]c4F)cc3)cc2)[nH]1)C(=O)CC(C)C. The van der Waals surface area contributed by atoms with Gasteiger partial charge in [-0.1, -0.05) is 90.1 Å².